The van der Waals surface area contributed by atoms with Crippen molar-refractivity contribution in [1.82, 2.24) is 9.88 Å². The molecule has 0 saturated heterocycles. The highest BCUT2D eigenvalue weighted by Gasteiger charge is 2.12. The van der Waals surface area contributed by atoms with E-state index in [-0.39, 0.29) is 6.54 Å². The average Bonchev–Trinajstić information content (AvgIpc) is 2.65. The van der Waals surface area contributed by atoms with Gasteiger partial charge in [0.2, 0.25) is 10.0 Å². The largest absolute Gasteiger partial charge is 0.481 e. The summed E-state index contributed by atoms with van der Waals surface area (Å²) in [6.07, 6.45) is 0.898. The van der Waals surface area contributed by atoms with Gasteiger partial charge < -0.3 is 9.63 Å². The number of carboxylic acids is 1. The van der Waals surface area contributed by atoms with Crippen molar-refractivity contribution < 1.29 is 22.8 Å². The quantitative estimate of drug-likeness (QED) is 0.691. The second-order valence-corrected chi connectivity index (χ2v) is 4.70. The maximum Gasteiger partial charge on any atom is 0.304 e. The number of hydrogen-bond acceptors (Lipinski definition) is 5. The highest BCUT2D eigenvalue weighted by molar-refractivity contribution is 7.89. The predicted molar refractivity (Wildman–Crippen MR) is 49.4 cm³/mol. The molecule has 2 N–H and O–H groups in total. The molecule has 0 radical (unpaired) electrons. The second kappa shape index (κ2) is 4.89. The van der Waals surface area contributed by atoms with E-state index in [1.165, 1.54) is 12.3 Å². The van der Waals surface area contributed by atoms with E-state index >= 15 is 0 Å². The molecule has 1 aromatic rings. The van der Waals surface area contributed by atoms with Crippen molar-refractivity contribution in [3.63, 3.8) is 0 Å². The number of sulfonamides is 1. The zero-order chi connectivity index (χ0) is 11.3. The number of hydrogen-bond donors (Lipinski definition) is 2. The first-order chi connectivity index (χ1) is 6.99. The van der Waals surface area contributed by atoms with Crippen LogP contribution in [0.2, 0.25) is 0 Å². The zero-order valence-electron chi connectivity index (χ0n) is 7.71. The van der Waals surface area contributed by atoms with Gasteiger partial charge in [-0.15, -0.1) is 0 Å². The van der Waals surface area contributed by atoms with E-state index in [2.05, 4.69) is 14.4 Å². The third-order valence-electron chi connectivity index (χ3n) is 1.55. The molecular weight excluding hydrogens is 224 g/mol. The first-order valence-corrected chi connectivity index (χ1v) is 5.73. The lowest BCUT2D eigenvalue weighted by molar-refractivity contribution is -0.136. The topological polar surface area (TPSA) is 110 Å². The lowest BCUT2D eigenvalue weighted by Gasteiger charge is -2.02. The third-order valence-corrected chi connectivity index (χ3v) is 2.87. The van der Waals surface area contributed by atoms with E-state index in [1.807, 2.05) is 0 Å². The Bertz CT molecular complexity index is 411. The first kappa shape index (κ1) is 11.7. The fourth-order valence-electron chi connectivity index (χ4n) is 0.806. The smallest absolute Gasteiger partial charge is 0.304 e. The Hall–Kier alpha value is -1.41. The van der Waals surface area contributed by atoms with Gasteiger partial charge in [0.15, 0.2) is 0 Å². The summed E-state index contributed by atoms with van der Waals surface area (Å²) >= 11 is 0. The molecule has 0 fully saturated rings. The molecule has 0 aliphatic carbocycles. The molecule has 1 rings (SSSR count). The van der Waals surface area contributed by atoms with Crippen LogP contribution in [-0.2, 0) is 21.4 Å². The van der Waals surface area contributed by atoms with Crippen molar-refractivity contribution in [2.75, 3.05) is 5.75 Å². The lowest BCUT2D eigenvalue weighted by atomic mass is 10.5. The molecule has 15 heavy (non-hydrogen) atoms. The van der Waals surface area contributed by atoms with Crippen molar-refractivity contribution in [2.45, 2.75) is 13.0 Å². The molecule has 0 unspecified atom stereocenters. The molecular formula is C7H10N2O5S. The van der Waals surface area contributed by atoms with Gasteiger partial charge in [0, 0.05) is 6.07 Å². The summed E-state index contributed by atoms with van der Waals surface area (Å²) in [4.78, 5) is 10.2. The Labute approximate surface area is 86.1 Å². The number of carboxylic acid groups (broad SMARTS) is 1. The summed E-state index contributed by atoms with van der Waals surface area (Å²) in [7, 11) is -3.57. The summed E-state index contributed by atoms with van der Waals surface area (Å²) in [6.45, 7) is -0.00154. The summed E-state index contributed by atoms with van der Waals surface area (Å²) in [5.74, 6) is -1.60. The molecule has 0 bridgehead atoms. The highest BCUT2D eigenvalue weighted by atomic mass is 32.2. The Balaban J connectivity index is 2.40. The van der Waals surface area contributed by atoms with E-state index in [0.29, 0.717) is 5.69 Å². The van der Waals surface area contributed by atoms with Crippen LogP contribution in [0.3, 0.4) is 0 Å². The maximum atomic E-state index is 11.2. The number of nitrogens with zero attached hydrogens (tertiary/aromatic N) is 1. The molecule has 1 heterocycles. The maximum absolute atomic E-state index is 11.2. The Kier molecular flexibility index (Phi) is 3.81. The van der Waals surface area contributed by atoms with Crippen LogP contribution in [0, 0.1) is 0 Å². The molecule has 0 amide bonds. The van der Waals surface area contributed by atoms with Gasteiger partial charge in [-0.25, -0.2) is 13.1 Å². The Morgan fingerprint density at radius 3 is 2.87 bits per heavy atom. The van der Waals surface area contributed by atoms with Crippen molar-refractivity contribution in [3.8, 4) is 0 Å². The van der Waals surface area contributed by atoms with Gasteiger partial charge in [-0.1, -0.05) is 5.16 Å². The third kappa shape index (κ3) is 4.56. The van der Waals surface area contributed by atoms with Crippen LogP contribution >= 0.6 is 0 Å². The first-order valence-electron chi connectivity index (χ1n) is 4.08. The Morgan fingerprint density at radius 2 is 2.33 bits per heavy atom. The summed E-state index contributed by atoms with van der Waals surface area (Å²) in [5, 5.41) is 11.8. The minimum Gasteiger partial charge on any atom is -0.481 e. The van der Waals surface area contributed by atoms with E-state index < -0.39 is 28.2 Å². The molecule has 0 saturated carbocycles. The van der Waals surface area contributed by atoms with Gasteiger partial charge in [0.1, 0.15) is 6.26 Å². The molecule has 0 spiro atoms. The van der Waals surface area contributed by atoms with E-state index in [9.17, 15) is 13.2 Å². The van der Waals surface area contributed by atoms with Crippen molar-refractivity contribution in [1.29, 1.82) is 0 Å². The van der Waals surface area contributed by atoms with Crippen molar-refractivity contribution >= 4 is 16.0 Å². The van der Waals surface area contributed by atoms with Gasteiger partial charge in [-0.2, -0.15) is 0 Å². The summed E-state index contributed by atoms with van der Waals surface area (Å²) in [6, 6.07) is 1.51. The molecule has 7 nitrogen and oxygen atoms in total. The normalized spacial score (nSPS) is 11.5. The van der Waals surface area contributed by atoms with Crippen molar-refractivity contribution in [2.24, 2.45) is 0 Å². The number of aromatic nitrogens is 1. The van der Waals surface area contributed by atoms with Crippen LogP contribution in [0.15, 0.2) is 16.9 Å². The highest BCUT2D eigenvalue weighted by Crippen LogP contribution is 1.96. The zero-order valence-corrected chi connectivity index (χ0v) is 8.53. The van der Waals surface area contributed by atoms with Crippen LogP contribution < -0.4 is 4.72 Å². The van der Waals surface area contributed by atoms with E-state index in [1.54, 1.807) is 0 Å². The molecule has 0 atom stereocenters. The SMILES string of the molecule is O=C(O)CCS(=O)(=O)NCc1ccon1. The van der Waals surface area contributed by atoms with Crippen LogP contribution in [0.4, 0.5) is 0 Å². The molecule has 8 heteroatoms. The minimum absolute atomic E-state index is 0.00154. The molecule has 84 valence electrons. The van der Waals surface area contributed by atoms with E-state index in [0.717, 1.165) is 0 Å². The molecule has 0 aliphatic rings. The number of rotatable bonds is 6. The standard InChI is InChI=1S/C7H10N2O5S/c10-7(11)2-4-15(12,13)8-5-6-1-3-14-9-6/h1,3,8H,2,4-5H2,(H,10,11). The fraction of sp³-hybridized carbons (Fsp3) is 0.429. The summed E-state index contributed by atoms with van der Waals surface area (Å²) in [5.41, 5.74) is 0.439. The van der Waals surface area contributed by atoms with Gasteiger partial charge >= 0.3 is 5.97 Å². The number of carbonyl (C=O) groups is 1. The minimum atomic E-state index is -3.57. The molecule has 0 aliphatic heterocycles. The predicted octanol–water partition coefficient (Wildman–Crippen LogP) is -0.431. The summed E-state index contributed by atoms with van der Waals surface area (Å²) < 4.78 is 29.1. The van der Waals surface area contributed by atoms with Crippen LogP contribution in [-0.4, -0.2) is 30.4 Å². The molecule has 1 aromatic heterocycles. The fourth-order valence-corrected chi connectivity index (χ4v) is 1.76. The van der Waals surface area contributed by atoms with Crippen LogP contribution in [0.25, 0.3) is 0 Å². The van der Waals surface area contributed by atoms with Crippen LogP contribution in [0.1, 0.15) is 12.1 Å². The van der Waals surface area contributed by atoms with Crippen LogP contribution in [0.5, 0.6) is 0 Å². The lowest BCUT2D eigenvalue weighted by Crippen LogP contribution is -2.27. The number of aliphatic carboxylic acids is 1. The average molecular weight is 234 g/mol. The van der Waals surface area contributed by atoms with E-state index in [4.69, 9.17) is 5.11 Å². The van der Waals surface area contributed by atoms with Gasteiger partial charge in [-0.3, -0.25) is 4.79 Å². The Morgan fingerprint density at radius 1 is 1.60 bits per heavy atom. The molecule has 0 aromatic carbocycles. The second-order valence-electron chi connectivity index (χ2n) is 2.77. The monoisotopic (exact) mass is 234 g/mol. The number of nitrogens with one attached hydrogen (secondary N) is 1. The van der Waals surface area contributed by atoms with Gasteiger partial charge in [-0.05, 0) is 0 Å². The van der Waals surface area contributed by atoms with Crippen molar-refractivity contribution in [3.05, 3.63) is 18.0 Å². The van der Waals surface area contributed by atoms with Gasteiger partial charge in [0.05, 0.1) is 24.4 Å². The van der Waals surface area contributed by atoms with Gasteiger partial charge in [0.25, 0.3) is 0 Å².